The second-order valence-electron chi connectivity index (χ2n) is 4.22. The Labute approximate surface area is 85.0 Å². The predicted molar refractivity (Wildman–Crippen MR) is 55.1 cm³/mol. The summed E-state index contributed by atoms with van der Waals surface area (Å²) in [5.74, 6) is 0.142. The molecule has 2 fully saturated rings. The average Bonchev–Trinajstić information content (AvgIpc) is 2.40. The zero-order valence-electron chi connectivity index (χ0n) is 8.75. The number of nitrogens with zero attached hydrogens (tertiary/aromatic N) is 1. The van der Waals surface area contributed by atoms with E-state index in [4.69, 9.17) is 0 Å². The number of rotatable bonds is 2. The Morgan fingerprint density at radius 3 is 3.00 bits per heavy atom. The lowest BCUT2D eigenvalue weighted by Crippen LogP contribution is -2.43. The minimum Gasteiger partial charge on any atom is -0.358 e. The highest BCUT2D eigenvalue weighted by Crippen LogP contribution is 2.27. The first-order valence-corrected chi connectivity index (χ1v) is 5.48. The molecule has 0 aromatic rings. The van der Waals surface area contributed by atoms with Crippen molar-refractivity contribution in [2.75, 3.05) is 26.7 Å². The van der Waals surface area contributed by atoms with Crippen molar-refractivity contribution in [1.82, 2.24) is 15.5 Å². The quantitative estimate of drug-likeness (QED) is 0.631. The molecule has 2 atom stereocenters. The SMILES string of the molecule is CNC(=O)CN1[C@H]2CCNC[C@@H]1CC2. The Hall–Kier alpha value is -0.610. The topological polar surface area (TPSA) is 44.4 Å². The molecule has 4 heteroatoms. The summed E-state index contributed by atoms with van der Waals surface area (Å²) in [6.07, 6.45) is 3.70. The first kappa shape index (κ1) is 9.93. The van der Waals surface area contributed by atoms with E-state index in [0.717, 1.165) is 13.1 Å². The molecule has 0 saturated carbocycles. The monoisotopic (exact) mass is 197 g/mol. The number of amides is 1. The minimum atomic E-state index is 0.142. The Balaban J connectivity index is 1.98. The van der Waals surface area contributed by atoms with Crippen molar-refractivity contribution in [3.63, 3.8) is 0 Å². The summed E-state index contributed by atoms with van der Waals surface area (Å²) in [4.78, 5) is 13.7. The lowest BCUT2D eigenvalue weighted by atomic mass is 10.1. The Kier molecular flexibility index (Phi) is 3.03. The third kappa shape index (κ3) is 1.91. The summed E-state index contributed by atoms with van der Waals surface area (Å²) >= 11 is 0. The molecular formula is C10H19N3O. The van der Waals surface area contributed by atoms with E-state index in [2.05, 4.69) is 15.5 Å². The third-order valence-electron chi connectivity index (χ3n) is 3.41. The van der Waals surface area contributed by atoms with Crippen LogP contribution in [0.3, 0.4) is 0 Å². The summed E-state index contributed by atoms with van der Waals surface area (Å²) in [5.41, 5.74) is 0. The molecule has 14 heavy (non-hydrogen) atoms. The highest BCUT2D eigenvalue weighted by molar-refractivity contribution is 5.77. The van der Waals surface area contributed by atoms with Gasteiger partial charge in [0, 0.05) is 25.7 Å². The largest absolute Gasteiger partial charge is 0.358 e. The number of hydrogen-bond donors (Lipinski definition) is 2. The molecule has 80 valence electrons. The predicted octanol–water partition coefficient (Wildman–Crippen LogP) is -0.441. The lowest BCUT2D eigenvalue weighted by Gasteiger charge is -2.26. The molecule has 2 aliphatic heterocycles. The molecule has 2 rings (SSSR count). The summed E-state index contributed by atoms with van der Waals surface area (Å²) in [6.45, 7) is 2.73. The normalized spacial score (nSPS) is 32.6. The molecule has 0 aliphatic carbocycles. The van der Waals surface area contributed by atoms with Gasteiger partial charge in [-0.15, -0.1) is 0 Å². The molecule has 2 saturated heterocycles. The molecule has 0 radical (unpaired) electrons. The fraction of sp³-hybridized carbons (Fsp3) is 0.900. The van der Waals surface area contributed by atoms with Gasteiger partial charge in [-0.2, -0.15) is 0 Å². The van der Waals surface area contributed by atoms with Gasteiger partial charge in [-0.05, 0) is 25.8 Å². The fourth-order valence-corrected chi connectivity index (χ4v) is 2.58. The molecule has 1 amide bonds. The van der Waals surface area contributed by atoms with Gasteiger partial charge in [0.2, 0.25) is 5.91 Å². The van der Waals surface area contributed by atoms with E-state index < -0.39 is 0 Å². The molecule has 0 unspecified atom stereocenters. The highest BCUT2D eigenvalue weighted by Gasteiger charge is 2.35. The van der Waals surface area contributed by atoms with Crippen LogP contribution in [-0.2, 0) is 4.79 Å². The fourth-order valence-electron chi connectivity index (χ4n) is 2.58. The first-order chi connectivity index (χ1) is 6.81. The van der Waals surface area contributed by atoms with Crippen LogP contribution >= 0.6 is 0 Å². The van der Waals surface area contributed by atoms with E-state index in [9.17, 15) is 4.79 Å². The van der Waals surface area contributed by atoms with Crippen LogP contribution in [0.5, 0.6) is 0 Å². The molecule has 0 aromatic carbocycles. The van der Waals surface area contributed by atoms with Crippen LogP contribution in [0.15, 0.2) is 0 Å². The number of nitrogens with one attached hydrogen (secondary N) is 2. The van der Waals surface area contributed by atoms with Crippen molar-refractivity contribution < 1.29 is 4.79 Å². The molecule has 0 spiro atoms. The van der Waals surface area contributed by atoms with Crippen molar-refractivity contribution in [2.24, 2.45) is 0 Å². The number of carbonyl (C=O) groups is 1. The molecule has 2 bridgehead atoms. The maximum atomic E-state index is 11.3. The summed E-state index contributed by atoms with van der Waals surface area (Å²) < 4.78 is 0. The second kappa shape index (κ2) is 4.28. The number of likely N-dealkylation sites (N-methyl/N-ethyl adjacent to an activating group) is 1. The summed E-state index contributed by atoms with van der Waals surface area (Å²) in [5, 5.41) is 6.13. The van der Waals surface area contributed by atoms with Crippen molar-refractivity contribution >= 4 is 5.91 Å². The van der Waals surface area contributed by atoms with Crippen LogP contribution in [0.2, 0.25) is 0 Å². The van der Waals surface area contributed by atoms with Crippen molar-refractivity contribution in [3.8, 4) is 0 Å². The first-order valence-electron chi connectivity index (χ1n) is 5.48. The zero-order chi connectivity index (χ0) is 9.97. The van der Waals surface area contributed by atoms with E-state index in [0.29, 0.717) is 18.6 Å². The molecule has 2 heterocycles. The number of hydrogen-bond acceptors (Lipinski definition) is 3. The van der Waals surface area contributed by atoms with Crippen LogP contribution in [0.25, 0.3) is 0 Å². The van der Waals surface area contributed by atoms with Gasteiger partial charge < -0.3 is 10.6 Å². The third-order valence-corrected chi connectivity index (χ3v) is 3.41. The molecular weight excluding hydrogens is 178 g/mol. The van der Waals surface area contributed by atoms with Gasteiger partial charge in [-0.25, -0.2) is 0 Å². The van der Waals surface area contributed by atoms with E-state index in [-0.39, 0.29) is 5.91 Å². The van der Waals surface area contributed by atoms with Crippen LogP contribution in [0, 0.1) is 0 Å². The summed E-state index contributed by atoms with van der Waals surface area (Å²) in [7, 11) is 1.71. The van der Waals surface area contributed by atoms with E-state index in [1.807, 2.05) is 0 Å². The maximum Gasteiger partial charge on any atom is 0.233 e. The molecule has 2 aliphatic rings. The van der Waals surface area contributed by atoms with E-state index >= 15 is 0 Å². The Morgan fingerprint density at radius 2 is 2.21 bits per heavy atom. The average molecular weight is 197 g/mol. The molecule has 4 nitrogen and oxygen atoms in total. The van der Waals surface area contributed by atoms with Crippen LogP contribution in [0.4, 0.5) is 0 Å². The standard InChI is InChI=1S/C10H19N3O/c1-11-10(14)7-13-8-2-3-9(13)6-12-5-4-8/h8-9,12H,2-7H2,1H3,(H,11,14)/t8-,9+/m1/s1. The Bertz CT molecular complexity index is 205. The molecule has 0 aromatic heterocycles. The summed E-state index contributed by atoms with van der Waals surface area (Å²) in [6, 6.07) is 1.21. The number of fused-ring (bicyclic) bond motifs is 2. The molecule has 2 N–H and O–H groups in total. The maximum absolute atomic E-state index is 11.3. The zero-order valence-corrected chi connectivity index (χ0v) is 8.75. The number of carbonyl (C=O) groups excluding carboxylic acids is 1. The van der Waals surface area contributed by atoms with Crippen LogP contribution in [0.1, 0.15) is 19.3 Å². The van der Waals surface area contributed by atoms with Crippen LogP contribution in [-0.4, -0.2) is 49.6 Å². The smallest absolute Gasteiger partial charge is 0.233 e. The second-order valence-corrected chi connectivity index (χ2v) is 4.22. The van der Waals surface area contributed by atoms with Crippen molar-refractivity contribution in [1.29, 1.82) is 0 Å². The van der Waals surface area contributed by atoms with Gasteiger partial charge in [0.1, 0.15) is 0 Å². The lowest BCUT2D eigenvalue weighted by molar-refractivity contribution is -0.122. The van der Waals surface area contributed by atoms with Crippen molar-refractivity contribution in [3.05, 3.63) is 0 Å². The van der Waals surface area contributed by atoms with Gasteiger partial charge in [-0.1, -0.05) is 0 Å². The van der Waals surface area contributed by atoms with Gasteiger partial charge in [0.05, 0.1) is 6.54 Å². The van der Waals surface area contributed by atoms with E-state index in [1.165, 1.54) is 19.3 Å². The van der Waals surface area contributed by atoms with E-state index in [1.54, 1.807) is 7.05 Å². The van der Waals surface area contributed by atoms with Crippen LogP contribution < -0.4 is 10.6 Å². The van der Waals surface area contributed by atoms with Gasteiger partial charge >= 0.3 is 0 Å². The Morgan fingerprint density at radius 1 is 1.43 bits per heavy atom. The minimum absolute atomic E-state index is 0.142. The van der Waals surface area contributed by atoms with Gasteiger partial charge in [-0.3, -0.25) is 9.69 Å². The van der Waals surface area contributed by atoms with Crippen molar-refractivity contribution in [2.45, 2.75) is 31.3 Å². The highest BCUT2D eigenvalue weighted by atomic mass is 16.1. The van der Waals surface area contributed by atoms with Gasteiger partial charge in [0.15, 0.2) is 0 Å². The van der Waals surface area contributed by atoms with Gasteiger partial charge in [0.25, 0.3) is 0 Å².